The summed E-state index contributed by atoms with van der Waals surface area (Å²) in [6.07, 6.45) is 1.93. The number of benzene rings is 2. The Bertz CT molecular complexity index is 1140. The highest BCUT2D eigenvalue weighted by atomic mass is 28.4. The van der Waals surface area contributed by atoms with Gasteiger partial charge < -0.3 is 33.6 Å². The highest BCUT2D eigenvalue weighted by Crippen LogP contribution is 2.49. The second-order valence-corrected chi connectivity index (χ2v) is 16.0. The Morgan fingerprint density at radius 2 is 1.47 bits per heavy atom. The van der Waals surface area contributed by atoms with Gasteiger partial charge >= 0.3 is 0 Å². The van der Waals surface area contributed by atoms with Crippen molar-refractivity contribution in [3.8, 4) is 28.7 Å². The summed E-state index contributed by atoms with van der Waals surface area (Å²) >= 11 is 0. The molecule has 2 N–H and O–H groups in total. The second-order valence-electron chi connectivity index (χ2n) is 11.3. The lowest BCUT2D eigenvalue weighted by molar-refractivity contribution is 0.0949. The number of rotatable bonds is 10. The molecule has 0 fully saturated rings. The first-order valence-corrected chi connectivity index (χ1v) is 16.0. The molecular weight excluding hydrogens is 500 g/mol. The number of ether oxygens (including phenoxy) is 4. The first kappa shape index (κ1) is 29.9. The van der Waals surface area contributed by atoms with Crippen molar-refractivity contribution in [2.24, 2.45) is 0 Å². The van der Waals surface area contributed by atoms with Crippen molar-refractivity contribution in [2.75, 3.05) is 35.0 Å². The van der Waals surface area contributed by atoms with Crippen molar-refractivity contribution in [1.29, 1.82) is 0 Å². The van der Waals surface area contributed by atoms with Crippen LogP contribution in [0.1, 0.15) is 56.7 Å². The Morgan fingerprint density at radius 3 is 1.97 bits per heavy atom. The molecule has 1 aliphatic carbocycles. The molecule has 3 rings (SSSR count). The van der Waals surface area contributed by atoms with Crippen LogP contribution in [0, 0.1) is 0 Å². The van der Waals surface area contributed by atoms with Gasteiger partial charge in [-0.15, -0.1) is 0 Å². The summed E-state index contributed by atoms with van der Waals surface area (Å²) in [5, 5.41) is 20.2. The zero-order valence-corrected chi connectivity index (χ0v) is 25.4. The maximum absolute atomic E-state index is 10.5. The zero-order chi connectivity index (χ0) is 28.3. The number of hydrogen-bond donors (Lipinski definition) is 2. The van der Waals surface area contributed by atoms with E-state index in [9.17, 15) is 10.2 Å². The van der Waals surface area contributed by atoms with Gasteiger partial charge in [0, 0.05) is 5.56 Å². The third-order valence-electron chi connectivity index (χ3n) is 7.78. The maximum Gasteiger partial charge on any atom is 0.250 e. The molecule has 0 heterocycles. The van der Waals surface area contributed by atoms with E-state index < -0.39 is 14.4 Å². The summed E-state index contributed by atoms with van der Waals surface area (Å²) in [5.41, 5.74) is 5.03. The monoisotopic (exact) mass is 544 g/mol. The normalized spacial score (nSPS) is 14.9. The van der Waals surface area contributed by atoms with Crippen LogP contribution in [0.3, 0.4) is 0 Å². The molecule has 2 aromatic rings. The Labute approximate surface area is 228 Å². The number of aliphatic hydroxyl groups excluding tert-OH is 2. The maximum atomic E-state index is 10.5. The molecule has 0 aliphatic heterocycles. The Kier molecular flexibility index (Phi) is 9.44. The highest BCUT2D eigenvalue weighted by molar-refractivity contribution is 6.74. The van der Waals surface area contributed by atoms with E-state index in [2.05, 4.69) is 39.9 Å². The van der Waals surface area contributed by atoms with Gasteiger partial charge in [0.05, 0.1) is 41.2 Å². The van der Waals surface area contributed by atoms with Crippen molar-refractivity contribution in [3.05, 3.63) is 46.5 Å². The molecule has 210 valence electrons. The molecule has 1 atom stereocenters. The second kappa shape index (κ2) is 12.0. The van der Waals surface area contributed by atoms with E-state index in [0.29, 0.717) is 23.7 Å². The Hall–Kier alpha value is -2.68. The van der Waals surface area contributed by atoms with Crippen molar-refractivity contribution in [3.63, 3.8) is 0 Å². The van der Waals surface area contributed by atoms with Gasteiger partial charge in [0.1, 0.15) is 5.75 Å². The molecule has 0 spiro atoms. The van der Waals surface area contributed by atoms with Gasteiger partial charge in [0.25, 0.3) is 8.32 Å². The minimum absolute atomic E-state index is 0.0112. The molecule has 0 bridgehead atoms. The van der Waals surface area contributed by atoms with Crippen LogP contribution in [-0.2, 0) is 6.42 Å². The first-order valence-electron chi connectivity index (χ1n) is 13.1. The summed E-state index contributed by atoms with van der Waals surface area (Å²) in [4.78, 5) is 0. The molecule has 0 saturated carbocycles. The lowest BCUT2D eigenvalue weighted by Gasteiger charge is -2.37. The fraction of sp³-hybridized carbons (Fsp3) is 0.533. The highest BCUT2D eigenvalue weighted by Gasteiger charge is 2.40. The molecule has 8 heteroatoms. The van der Waals surface area contributed by atoms with Crippen molar-refractivity contribution >= 4 is 13.9 Å². The van der Waals surface area contributed by atoms with E-state index in [0.717, 1.165) is 58.6 Å². The third kappa shape index (κ3) is 5.97. The Balaban J connectivity index is 2.36. The van der Waals surface area contributed by atoms with Gasteiger partial charge in [-0.1, -0.05) is 32.4 Å². The quantitative estimate of drug-likeness (QED) is 0.356. The zero-order valence-electron chi connectivity index (χ0n) is 24.4. The van der Waals surface area contributed by atoms with E-state index >= 15 is 0 Å². The van der Waals surface area contributed by atoms with E-state index in [1.807, 2.05) is 18.2 Å². The summed E-state index contributed by atoms with van der Waals surface area (Å²) in [6, 6.07) is 7.91. The number of hydrogen-bond acceptors (Lipinski definition) is 7. The molecule has 0 radical (unpaired) electrons. The standard InChI is InChI=1S/C30H44O7Si/c1-30(2,3)38(8,9)37-28-23-12-10-11-19(15-21(32)18-31)27(22(23)13-14-24(28)33-4)20-16-25(34-5)29(36-7)26(17-20)35-6/h13-14,16-17,21,31-32H,10-12,15,18H2,1-9H3. The predicted molar refractivity (Wildman–Crippen MR) is 154 cm³/mol. The van der Waals surface area contributed by atoms with Crippen LogP contribution < -0.4 is 23.4 Å². The predicted octanol–water partition coefficient (Wildman–Crippen LogP) is 5.99. The molecule has 38 heavy (non-hydrogen) atoms. The molecular formula is C30H44O7Si. The summed E-state index contributed by atoms with van der Waals surface area (Å²) < 4.78 is 29.7. The fourth-order valence-electron chi connectivity index (χ4n) is 4.70. The summed E-state index contributed by atoms with van der Waals surface area (Å²) in [7, 11) is 4.27. The fourth-order valence-corrected chi connectivity index (χ4v) is 5.74. The number of fused-ring (bicyclic) bond motifs is 1. The van der Waals surface area contributed by atoms with E-state index in [-0.39, 0.29) is 11.6 Å². The van der Waals surface area contributed by atoms with Crippen LogP contribution >= 0.6 is 0 Å². The lowest BCUT2D eigenvalue weighted by Crippen LogP contribution is -2.44. The third-order valence-corrected chi connectivity index (χ3v) is 12.1. The molecule has 1 aliphatic rings. The first-order chi connectivity index (χ1) is 17.9. The largest absolute Gasteiger partial charge is 0.541 e. The van der Waals surface area contributed by atoms with Crippen molar-refractivity contribution in [1.82, 2.24) is 0 Å². The molecule has 0 saturated heterocycles. The van der Waals surface area contributed by atoms with Crippen molar-refractivity contribution in [2.45, 2.75) is 70.7 Å². The summed E-state index contributed by atoms with van der Waals surface area (Å²) in [5.74, 6) is 3.13. The molecule has 0 amide bonds. The van der Waals surface area contributed by atoms with Gasteiger partial charge in [-0.2, -0.15) is 0 Å². The summed E-state index contributed by atoms with van der Waals surface area (Å²) in [6.45, 7) is 10.8. The van der Waals surface area contributed by atoms with Crippen molar-refractivity contribution < 1.29 is 33.6 Å². The molecule has 2 aromatic carbocycles. The smallest absolute Gasteiger partial charge is 0.250 e. The van der Waals surface area contributed by atoms with E-state index in [1.165, 1.54) is 0 Å². The van der Waals surface area contributed by atoms with Gasteiger partial charge in [0.15, 0.2) is 17.2 Å². The Morgan fingerprint density at radius 1 is 0.868 bits per heavy atom. The van der Waals surface area contributed by atoms with Crippen LogP contribution in [-0.4, -0.2) is 59.7 Å². The lowest BCUT2D eigenvalue weighted by atomic mass is 9.88. The minimum Gasteiger partial charge on any atom is -0.541 e. The van der Waals surface area contributed by atoms with Crippen LogP contribution in [0.25, 0.3) is 5.57 Å². The number of aliphatic hydroxyl groups is 2. The molecule has 1 unspecified atom stereocenters. The van der Waals surface area contributed by atoms with Gasteiger partial charge in [-0.05, 0) is 78.7 Å². The van der Waals surface area contributed by atoms with Crippen LogP contribution in [0.5, 0.6) is 28.7 Å². The van der Waals surface area contributed by atoms with Gasteiger partial charge in [-0.25, -0.2) is 0 Å². The van der Waals surface area contributed by atoms with Gasteiger partial charge in [-0.3, -0.25) is 0 Å². The van der Waals surface area contributed by atoms with Gasteiger partial charge in [0.2, 0.25) is 5.75 Å². The molecule has 7 nitrogen and oxygen atoms in total. The topological polar surface area (TPSA) is 86.6 Å². The average Bonchev–Trinajstić information content (AvgIpc) is 3.06. The van der Waals surface area contributed by atoms with Crippen LogP contribution in [0.4, 0.5) is 0 Å². The minimum atomic E-state index is -2.19. The number of methoxy groups -OCH3 is 4. The van der Waals surface area contributed by atoms with Crippen LogP contribution in [0.2, 0.25) is 18.1 Å². The average molecular weight is 545 g/mol. The molecule has 0 aromatic heterocycles. The van der Waals surface area contributed by atoms with Crippen LogP contribution in [0.15, 0.2) is 29.8 Å². The SMILES string of the molecule is COc1cc(C2=C(CC(O)CO)CCCc3c2ccc(OC)c3O[Si](C)(C)C(C)(C)C)cc(OC)c1OC. The van der Waals surface area contributed by atoms with E-state index in [1.54, 1.807) is 28.4 Å². The van der Waals surface area contributed by atoms with E-state index in [4.69, 9.17) is 23.4 Å².